The first-order valence-electron chi connectivity index (χ1n) is 11.4. The summed E-state index contributed by atoms with van der Waals surface area (Å²) in [5, 5.41) is 0.313. The number of hydrogen-bond donors (Lipinski definition) is 0. The molecule has 2 heterocycles. The second-order valence-electron chi connectivity index (χ2n) is 8.62. The summed E-state index contributed by atoms with van der Waals surface area (Å²) in [7, 11) is 3.07. The number of hydrogen-bond acceptors (Lipinski definition) is 6. The third-order valence-electron chi connectivity index (χ3n) is 6.53. The molecule has 1 atom stereocenters. The summed E-state index contributed by atoms with van der Waals surface area (Å²) in [4.78, 5) is 35.0. The summed E-state index contributed by atoms with van der Waals surface area (Å²) in [5.41, 5.74) is 0.519. The van der Waals surface area contributed by atoms with Crippen molar-refractivity contribution in [3.63, 3.8) is 0 Å². The highest BCUT2D eigenvalue weighted by molar-refractivity contribution is 7.16. The van der Waals surface area contributed by atoms with Crippen LogP contribution in [-0.4, -0.2) is 55.0 Å². The number of amides is 2. The van der Waals surface area contributed by atoms with Crippen molar-refractivity contribution in [2.45, 2.75) is 44.6 Å². The maximum atomic E-state index is 13.8. The number of aromatic nitrogens is 1. The van der Waals surface area contributed by atoms with Gasteiger partial charge in [0.05, 0.1) is 19.9 Å². The van der Waals surface area contributed by atoms with Crippen LogP contribution in [0.15, 0.2) is 18.2 Å². The number of nitrogens with zero attached hydrogens (tertiary/aromatic N) is 3. The molecule has 2 fully saturated rings. The minimum atomic E-state index is -0.681. The Morgan fingerprint density at radius 3 is 2.47 bits per heavy atom. The van der Waals surface area contributed by atoms with E-state index >= 15 is 0 Å². The van der Waals surface area contributed by atoms with Crippen LogP contribution in [0.4, 0.5) is 5.69 Å². The lowest BCUT2D eigenvalue weighted by Gasteiger charge is -2.30. The van der Waals surface area contributed by atoms with Crippen molar-refractivity contribution >= 4 is 40.4 Å². The molecule has 2 aromatic rings. The summed E-state index contributed by atoms with van der Waals surface area (Å²) in [6, 6.07) is 4.45. The molecular formula is C25H28ClN3O4S. The van der Waals surface area contributed by atoms with Gasteiger partial charge in [-0.1, -0.05) is 42.2 Å². The number of terminal acetylenes is 1. The number of benzene rings is 1. The first-order valence-corrected chi connectivity index (χ1v) is 12.6. The van der Waals surface area contributed by atoms with Crippen LogP contribution in [0, 0.1) is 18.3 Å². The normalized spacial score (nSPS) is 18.6. The summed E-state index contributed by atoms with van der Waals surface area (Å²) >= 11 is 7.40. The van der Waals surface area contributed by atoms with E-state index in [1.807, 2.05) is 4.90 Å². The van der Waals surface area contributed by atoms with Crippen molar-refractivity contribution in [3.05, 3.63) is 33.2 Å². The maximum absolute atomic E-state index is 13.8. The second kappa shape index (κ2) is 10.7. The van der Waals surface area contributed by atoms with Gasteiger partial charge in [-0.2, -0.15) is 0 Å². The van der Waals surface area contributed by atoms with Crippen LogP contribution in [0.5, 0.6) is 11.5 Å². The molecule has 2 aliphatic rings. The molecule has 0 radical (unpaired) electrons. The van der Waals surface area contributed by atoms with Crippen molar-refractivity contribution in [2.75, 3.05) is 32.2 Å². The van der Waals surface area contributed by atoms with Gasteiger partial charge in [-0.15, -0.1) is 6.42 Å². The van der Waals surface area contributed by atoms with Gasteiger partial charge < -0.3 is 14.4 Å². The van der Waals surface area contributed by atoms with Crippen LogP contribution in [0.25, 0.3) is 0 Å². The monoisotopic (exact) mass is 501 g/mol. The van der Waals surface area contributed by atoms with Gasteiger partial charge in [-0.3, -0.25) is 14.5 Å². The van der Waals surface area contributed by atoms with Crippen LogP contribution in [0.2, 0.25) is 4.34 Å². The largest absolute Gasteiger partial charge is 0.497 e. The molecule has 0 bridgehead atoms. The van der Waals surface area contributed by atoms with Gasteiger partial charge in [-0.05, 0) is 31.1 Å². The first kappa shape index (κ1) is 24.4. The zero-order chi connectivity index (χ0) is 24.2. The number of likely N-dealkylation sites (tertiary alicyclic amines) is 1. The third-order valence-corrected chi connectivity index (χ3v) is 7.71. The third kappa shape index (κ3) is 5.01. The lowest BCUT2D eigenvalue weighted by molar-refractivity contribution is -0.129. The summed E-state index contributed by atoms with van der Waals surface area (Å²) in [6.07, 6.45) is 12.0. The summed E-state index contributed by atoms with van der Waals surface area (Å²) in [5.74, 6) is 3.41. The molecule has 1 saturated heterocycles. The number of thiazole rings is 1. The molecule has 7 nitrogen and oxygen atoms in total. The van der Waals surface area contributed by atoms with E-state index in [2.05, 4.69) is 10.9 Å². The fraction of sp³-hybridized carbons (Fsp3) is 0.480. The van der Waals surface area contributed by atoms with Crippen molar-refractivity contribution < 1.29 is 19.1 Å². The zero-order valence-electron chi connectivity index (χ0n) is 19.4. The SMILES string of the molecule is C#Cc1nc(C(=O)N(c2cc(OC)cc(OC)c2)C2CCN(CC3CCCCC3)C2=O)c(Cl)s1. The first-order chi connectivity index (χ1) is 16.4. The lowest BCUT2D eigenvalue weighted by Crippen LogP contribution is -2.46. The fourth-order valence-corrected chi connectivity index (χ4v) is 5.74. The predicted octanol–water partition coefficient (Wildman–Crippen LogP) is 4.62. The second-order valence-corrected chi connectivity index (χ2v) is 10.2. The van der Waals surface area contributed by atoms with Gasteiger partial charge in [0.1, 0.15) is 21.9 Å². The Labute approximate surface area is 209 Å². The fourth-order valence-electron chi connectivity index (χ4n) is 4.80. The Kier molecular flexibility index (Phi) is 7.64. The number of rotatable bonds is 7. The maximum Gasteiger partial charge on any atom is 0.280 e. The van der Waals surface area contributed by atoms with Crippen molar-refractivity contribution in [1.82, 2.24) is 9.88 Å². The van der Waals surface area contributed by atoms with E-state index in [1.165, 1.54) is 38.4 Å². The van der Waals surface area contributed by atoms with Crippen LogP contribution in [0.1, 0.15) is 54.0 Å². The van der Waals surface area contributed by atoms with Gasteiger partial charge in [0.25, 0.3) is 5.91 Å². The molecule has 1 aromatic heterocycles. The standard InChI is InChI=1S/C25H28ClN3O4S/c1-4-21-27-22(23(26)34-21)25(31)29(17-12-18(32-2)14-19(13-17)33-3)20-10-11-28(24(20)30)15-16-8-6-5-7-9-16/h1,12-14,16,20H,5-11,15H2,2-3H3. The number of ether oxygens (including phenoxy) is 2. The van der Waals surface area contributed by atoms with Crippen molar-refractivity contribution in [2.24, 2.45) is 5.92 Å². The van der Waals surface area contributed by atoms with Crippen LogP contribution < -0.4 is 14.4 Å². The van der Waals surface area contributed by atoms with Crippen LogP contribution in [-0.2, 0) is 4.79 Å². The van der Waals surface area contributed by atoms with E-state index in [-0.39, 0.29) is 15.9 Å². The number of methoxy groups -OCH3 is 2. The minimum absolute atomic E-state index is 0.0416. The van der Waals surface area contributed by atoms with Crippen molar-refractivity contribution in [1.29, 1.82) is 0 Å². The molecule has 180 valence electrons. The molecular weight excluding hydrogens is 474 g/mol. The molecule has 9 heteroatoms. The molecule has 1 aromatic carbocycles. The van der Waals surface area contributed by atoms with Gasteiger partial charge in [-0.25, -0.2) is 4.98 Å². The van der Waals surface area contributed by atoms with Crippen LogP contribution in [0.3, 0.4) is 0 Å². The van der Waals surface area contributed by atoms with Gasteiger partial charge >= 0.3 is 0 Å². The van der Waals surface area contributed by atoms with E-state index in [0.717, 1.165) is 30.7 Å². The Morgan fingerprint density at radius 2 is 1.88 bits per heavy atom. The highest BCUT2D eigenvalue weighted by atomic mass is 35.5. The molecule has 1 aliphatic heterocycles. The smallest absolute Gasteiger partial charge is 0.280 e. The van der Waals surface area contributed by atoms with Crippen LogP contribution >= 0.6 is 22.9 Å². The minimum Gasteiger partial charge on any atom is -0.497 e. The summed E-state index contributed by atoms with van der Waals surface area (Å²) in [6.45, 7) is 1.34. The molecule has 4 rings (SSSR count). The summed E-state index contributed by atoms with van der Waals surface area (Å²) < 4.78 is 11.0. The number of carbonyl (C=O) groups is 2. The number of anilines is 1. The average molecular weight is 502 g/mol. The van der Waals surface area contributed by atoms with E-state index in [1.54, 1.807) is 18.2 Å². The molecule has 0 N–H and O–H groups in total. The number of carbonyl (C=O) groups excluding carboxylic acids is 2. The van der Waals surface area contributed by atoms with Gasteiger partial charge in [0.2, 0.25) is 5.91 Å². The van der Waals surface area contributed by atoms with E-state index < -0.39 is 11.9 Å². The van der Waals surface area contributed by atoms with E-state index in [4.69, 9.17) is 27.5 Å². The molecule has 1 saturated carbocycles. The Bertz CT molecular complexity index is 1080. The molecule has 1 aliphatic carbocycles. The molecule has 1 unspecified atom stereocenters. The quantitative estimate of drug-likeness (QED) is 0.517. The van der Waals surface area contributed by atoms with E-state index in [9.17, 15) is 9.59 Å². The number of halogens is 1. The van der Waals surface area contributed by atoms with Gasteiger partial charge in [0, 0.05) is 31.3 Å². The zero-order valence-corrected chi connectivity index (χ0v) is 21.0. The Hall–Kier alpha value is -2.76. The van der Waals surface area contributed by atoms with Gasteiger partial charge in [0.15, 0.2) is 10.7 Å². The van der Waals surface area contributed by atoms with E-state index in [0.29, 0.717) is 41.1 Å². The Balaban J connectivity index is 1.69. The Morgan fingerprint density at radius 1 is 1.21 bits per heavy atom. The highest BCUT2D eigenvalue weighted by Crippen LogP contribution is 2.35. The van der Waals surface area contributed by atoms with Crippen molar-refractivity contribution in [3.8, 4) is 23.8 Å². The molecule has 0 spiro atoms. The molecule has 2 amide bonds. The molecule has 34 heavy (non-hydrogen) atoms. The topological polar surface area (TPSA) is 72.0 Å². The lowest BCUT2D eigenvalue weighted by atomic mass is 9.89. The predicted molar refractivity (Wildman–Crippen MR) is 133 cm³/mol. The average Bonchev–Trinajstić information content (AvgIpc) is 3.42. The highest BCUT2D eigenvalue weighted by Gasteiger charge is 2.41.